The van der Waals surface area contributed by atoms with E-state index < -0.39 is 23.7 Å². The molecule has 0 spiro atoms. The van der Waals surface area contributed by atoms with E-state index in [1.165, 1.54) is 28.8 Å². The van der Waals surface area contributed by atoms with Gasteiger partial charge in [0.25, 0.3) is 5.91 Å². The molecular formula is C13H13ClFNO3S. The molecule has 1 saturated heterocycles. The van der Waals surface area contributed by atoms with Gasteiger partial charge in [0.1, 0.15) is 11.9 Å². The normalized spacial score (nSPS) is 22.1. The maximum Gasteiger partial charge on any atom is 0.327 e. The van der Waals surface area contributed by atoms with Crippen molar-refractivity contribution in [1.29, 1.82) is 0 Å². The Morgan fingerprint density at radius 1 is 1.55 bits per heavy atom. The highest BCUT2D eigenvalue weighted by atomic mass is 35.5. The molecule has 2 rings (SSSR count). The second-order valence-electron chi connectivity index (χ2n) is 4.39. The van der Waals surface area contributed by atoms with Crippen LogP contribution in [0.3, 0.4) is 0 Å². The molecule has 1 aromatic carbocycles. The first-order chi connectivity index (χ1) is 9.45. The fourth-order valence-electron chi connectivity index (χ4n) is 2.12. The standard InChI is InChI=1S/C13H13ClFNO3S/c1-2-11-16(10(6-20-11)13(18)19)12(17)7-3-4-9(15)8(14)5-7/h3-5,10-11H,2,6H2,1H3,(H,18,19). The van der Waals surface area contributed by atoms with Crippen molar-refractivity contribution in [3.05, 3.63) is 34.6 Å². The number of carbonyl (C=O) groups is 2. The summed E-state index contributed by atoms with van der Waals surface area (Å²) in [5, 5.41) is 8.86. The molecule has 108 valence electrons. The second-order valence-corrected chi connectivity index (χ2v) is 6.01. The van der Waals surface area contributed by atoms with Crippen molar-refractivity contribution >= 4 is 35.2 Å². The Hall–Kier alpha value is -1.27. The van der Waals surface area contributed by atoms with Crippen molar-refractivity contribution in [3.63, 3.8) is 0 Å². The molecule has 20 heavy (non-hydrogen) atoms. The van der Waals surface area contributed by atoms with Gasteiger partial charge in [0, 0.05) is 11.3 Å². The Kier molecular flexibility index (Phi) is 4.55. The molecule has 1 amide bonds. The van der Waals surface area contributed by atoms with Gasteiger partial charge in [0.05, 0.1) is 10.4 Å². The Morgan fingerprint density at radius 3 is 2.80 bits per heavy atom. The fraction of sp³-hybridized carbons (Fsp3) is 0.385. The van der Waals surface area contributed by atoms with Crippen LogP contribution in [0.5, 0.6) is 0 Å². The van der Waals surface area contributed by atoms with E-state index in [1.54, 1.807) is 0 Å². The zero-order chi connectivity index (χ0) is 14.9. The first-order valence-corrected chi connectivity index (χ1v) is 7.50. The number of benzene rings is 1. The van der Waals surface area contributed by atoms with Gasteiger partial charge >= 0.3 is 5.97 Å². The Labute approximate surface area is 124 Å². The van der Waals surface area contributed by atoms with Gasteiger partial charge < -0.3 is 10.0 Å². The van der Waals surface area contributed by atoms with Crippen molar-refractivity contribution < 1.29 is 19.1 Å². The molecule has 1 aliphatic heterocycles. The summed E-state index contributed by atoms with van der Waals surface area (Å²) >= 11 is 7.10. The van der Waals surface area contributed by atoms with Crippen molar-refractivity contribution in [3.8, 4) is 0 Å². The number of halogens is 2. The molecule has 2 atom stereocenters. The van der Waals surface area contributed by atoms with Crippen molar-refractivity contribution in [2.45, 2.75) is 24.8 Å². The summed E-state index contributed by atoms with van der Waals surface area (Å²) in [5.41, 5.74) is 0.198. The van der Waals surface area contributed by atoms with Crippen LogP contribution in [0.1, 0.15) is 23.7 Å². The molecule has 0 aliphatic carbocycles. The van der Waals surface area contributed by atoms with Crippen molar-refractivity contribution in [2.24, 2.45) is 0 Å². The molecule has 4 nitrogen and oxygen atoms in total. The van der Waals surface area contributed by atoms with E-state index in [0.29, 0.717) is 12.2 Å². The maximum atomic E-state index is 13.1. The number of hydrogen-bond acceptors (Lipinski definition) is 3. The van der Waals surface area contributed by atoms with Crippen LogP contribution in [-0.4, -0.2) is 39.1 Å². The van der Waals surface area contributed by atoms with Crippen LogP contribution < -0.4 is 0 Å². The minimum atomic E-state index is -1.03. The molecule has 2 unspecified atom stereocenters. The molecule has 0 aromatic heterocycles. The maximum absolute atomic E-state index is 13.1. The van der Waals surface area contributed by atoms with E-state index in [4.69, 9.17) is 11.6 Å². The van der Waals surface area contributed by atoms with Crippen LogP contribution in [0.25, 0.3) is 0 Å². The average Bonchev–Trinajstić information content (AvgIpc) is 2.85. The number of amides is 1. The van der Waals surface area contributed by atoms with Gasteiger partial charge in [-0.25, -0.2) is 9.18 Å². The van der Waals surface area contributed by atoms with Crippen molar-refractivity contribution in [1.82, 2.24) is 4.90 Å². The minimum Gasteiger partial charge on any atom is -0.480 e. The summed E-state index contributed by atoms with van der Waals surface area (Å²) in [6.07, 6.45) is 0.648. The van der Waals surface area contributed by atoms with Crippen LogP contribution in [0, 0.1) is 5.82 Å². The number of carbonyl (C=O) groups excluding carboxylic acids is 1. The van der Waals surface area contributed by atoms with E-state index in [0.717, 1.165) is 6.07 Å². The third-order valence-electron chi connectivity index (χ3n) is 3.13. The summed E-state index contributed by atoms with van der Waals surface area (Å²) < 4.78 is 13.1. The van der Waals surface area contributed by atoms with E-state index in [9.17, 15) is 19.1 Å². The number of hydrogen-bond donors (Lipinski definition) is 1. The highest BCUT2D eigenvalue weighted by Gasteiger charge is 2.41. The smallest absolute Gasteiger partial charge is 0.327 e. The average molecular weight is 318 g/mol. The largest absolute Gasteiger partial charge is 0.480 e. The predicted molar refractivity (Wildman–Crippen MR) is 75.5 cm³/mol. The lowest BCUT2D eigenvalue weighted by Gasteiger charge is -2.26. The quantitative estimate of drug-likeness (QED) is 0.931. The van der Waals surface area contributed by atoms with Gasteiger partial charge in [-0.3, -0.25) is 4.79 Å². The number of aliphatic carboxylic acids is 1. The van der Waals surface area contributed by atoms with Gasteiger partial charge in [0.2, 0.25) is 0 Å². The predicted octanol–water partition coefficient (Wildman–Crippen LogP) is 2.86. The van der Waals surface area contributed by atoms with E-state index in [2.05, 4.69) is 0 Å². The van der Waals surface area contributed by atoms with Crippen LogP contribution >= 0.6 is 23.4 Å². The summed E-state index contributed by atoms with van der Waals surface area (Å²) in [4.78, 5) is 25.0. The lowest BCUT2D eigenvalue weighted by molar-refractivity contribution is -0.141. The number of nitrogens with zero attached hydrogens (tertiary/aromatic N) is 1. The SMILES string of the molecule is CCC1SCC(C(=O)O)N1C(=O)c1ccc(F)c(Cl)c1. The molecule has 0 bridgehead atoms. The van der Waals surface area contributed by atoms with Gasteiger partial charge in [-0.15, -0.1) is 11.8 Å². The second kappa shape index (κ2) is 6.01. The van der Waals surface area contributed by atoms with Crippen LogP contribution in [-0.2, 0) is 4.79 Å². The highest BCUT2D eigenvalue weighted by molar-refractivity contribution is 8.00. The number of rotatable bonds is 3. The minimum absolute atomic E-state index is 0.150. The van der Waals surface area contributed by atoms with Gasteiger partial charge in [-0.1, -0.05) is 18.5 Å². The van der Waals surface area contributed by atoms with E-state index in [1.807, 2.05) is 6.92 Å². The molecule has 7 heteroatoms. The molecule has 1 aromatic rings. The monoisotopic (exact) mass is 317 g/mol. The number of carboxylic acid groups (broad SMARTS) is 1. The van der Waals surface area contributed by atoms with E-state index in [-0.39, 0.29) is 16.0 Å². The lowest BCUT2D eigenvalue weighted by Crippen LogP contribution is -2.45. The summed E-state index contributed by atoms with van der Waals surface area (Å²) in [5.74, 6) is -1.72. The van der Waals surface area contributed by atoms with Crippen LogP contribution in [0.15, 0.2) is 18.2 Å². The molecule has 0 saturated carbocycles. The molecule has 1 heterocycles. The first-order valence-electron chi connectivity index (χ1n) is 6.07. The van der Waals surface area contributed by atoms with Crippen LogP contribution in [0.4, 0.5) is 4.39 Å². The summed E-state index contributed by atoms with van der Waals surface area (Å²) in [6, 6.07) is 2.79. The van der Waals surface area contributed by atoms with Gasteiger partial charge in [0.15, 0.2) is 0 Å². The Bertz CT molecular complexity index is 554. The Balaban J connectivity index is 2.33. The van der Waals surface area contributed by atoms with Crippen LogP contribution in [0.2, 0.25) is 5.02 Å². The van der Waals surface area contributed by atoms with Crippen molar-refractivity contribution in [2.75, 3.05) is 5.75 Å². The fourth-order valence-corrected chi connectivity index (χ4v) is 3.65. The number of thioether (sulfide) groups is 1. The van der Waals surface area contributed by atoms with E-state index >= 15 is 0 Å². The van der Waals surface area contributed by atoms with Gasteiger partial charge in [-0.05, 0) is 24.6 Å². The molecule has 0 radical (unpaired) electrons. The topological polar surface area (TPSA) is 57.6 Å². The summed E-state index contributed by atoms with van der Waals surface area (Å²) in [7, 11) is 0. The Morgan fingerprint density at radius 2 is 2.25 bits per heavy atom. The zero-order valence-corrected chi connectivity index (χ0v) is 12.2. The molecule has 1 N–H and O–H groups in total. The first kappa shape index (κ1) is 15.1. The van der Waals surface area contributed by atoms with Gasteiger partial charge in [-0.2, -0.15) is 0 Å². The molecule has 1 fully saturated rings. The zero-order valence-electron chi connectivity index (χ0n) is 10.7. The summed E-state index contributed by atoms with van der Waals surface area (Å²) in [6.45, 7) is 1.89. The molecular weight excluding hydrogens is 305 g/mol. The lowest BCUT2D eigenvalue weighted by atomic mass is 10.1. The third-order valence-corrected chi connectivity index (χ3v) is 4.87. The molecule has 1 aliphatic rings. The highest BCUT2D eigenvalue weighted by Crippen LogP contribution is 2.33. The number of carboxylic acids is 1. The third kappa shape index (κ3) is 2.76.